The van der Waals surface area contributed by atoms with Gasteiger partial charge in [0.15, 0.2) is 0 Å². The van der Waals surface area contributed by atoms with Crippen LogP contribution in [0.1, 0.15) is 18.7 Å². The number of ether oxygens (including phenoxy) is 1. The number of aryl methyl sites for hydroxylation is 1. The van der Waals surface area contributed by atoms with E-state index in [1.807, 2.05) is 17.8 Å². The number of nitrogens with zero attached hydrogens (tertiary/aromatic N) is 4. The van der Waals surface area contributed by atoms with E-state index in [2.05, 4.69) is 20.3 Å². The van der Waals surface area contributed by atoms with Gasteiger partial charge in [0.05, 0.1) is 31.6 Å². The molecule has 2 heterocycles. The third-order valence-electron chi connectivity index (χ3n) is 4.50. The van der Waals surface area contributed by atoms with E-state index in [0.717, 1.165) is 5.82 Å². The average Bonchev–Trinajstić information content (AvgIpc) is 3.11. The second kappa shape index (κ2) is 7.25. The van der Waals surface area contributed by atoms with Crippen LogP contribution in [0.15, 0.2) is 31.0 Å². The number of aliphatic hydroxyl groups excluding tert-OH is 2. The van der Waals surface area contributed by atoms with E-state index in [0.29, 0.717) is 38.4 Å². The third-order valence-corrected chi connectivity index (χ3v) is 4.50. The summed E-state index contributed by atoms with van der Waals surface area (Å²) < 4.78 is 7.70. The predicted molar refractivity (Wildman–Crippen MR) is 86.1 cm³/mol. The van der Waals surface area contributed by atoms with Crippen LogP contribution in [0.5, 0.6) is 5.88 Å². The van der Waals surface area contributed by atoms with Gasteiger partial charge in [0, 0.05) is 43.8 Å². The molecule has 0 amide bonds. The zero-order valence-electron chi connectivity index (χ0n) is 13.7. The number of imidazole rings is 1. The van der Waals surface area contributed by atoms with Crippen LogP contribution in [0, 0.1) is 5.41 Å². The number of hydrogen-bond acceptors (Lipinski definition) is 7. The van der Waals surface area contributed by atoms with Gasteiger partial charge >= 0.3 is 0 Å². The second-order valence-corrected chi connectivity index (χ2v) is 6.43. The molecule has 2 aromatic heterocycles. The molecular formula is C16H23N5O3. The van der Waals surface area contributed by atoms with Gasteiger partial charge in [-0.3, -0.25) is 4.98 Å². The zero-order valence-corrected chi connectivity index (χ0v) is 13.7. The van der Waals surface area contributed by atoms with Crippen molar-refractivity contribution >= 4 is 0 Å². The highest BCUT2D eigenvalue weighted by molar-refractivity contribution is 5.04. The molecule has 0 aromatic carbocycles. The largest absolute Gasteiger partial charge is 0.476 e. The van der Waals surface area contributed by atoms with Crippen LogP contribution in [0.25, 0.3) is 0 Å². The molecule has 0 radical (unpaired) electrons. The molecule has 1 aliphatic rings. The molecule has 8 nitrogen and oxygen atoms in total. The van der Waals surface area contributed by atoms with Crippen LogP contribution >= 0.6 is 0 Å². The fourth-order valence-corrected chi connectivity index (χ4v) is 3.15. The van der Waals surface area contributed by atoms with E-state index in [1.54, 1.807) is 24.8 Å². The minimum atomic E-state index is -0.731. The predicted octanol–water partition coefficient (Wildman–Crippen LogP) is -0.119. The summed E-state index contributed by atoms with van der Waals surface area (Å²) in [6, 6.07) is 0. The molecule has 3 atom stereocenters. The molecule has 0 saturated heterocycles. The first kappa shape index (κ1) is 16.8. The van der Waals surface area contributed by atoms with Crippen LogP contribution in [-0.4, -0.2) is 55.1 Å². The maximum absolute atomic E-state index is 9.98. The van der Waals surface area contributed by atoms with Crippen LogP contribution in [0.3, 0.4) is 0 Å². The summed E-state index contributed by atoms with van der Waals surface area (Å²) in [7, 11) is 1.94. The molecule has 3 rings (SSSR count). The summed E-state index contributed by atoms with van der Waals surface area (Å²) in [6.07, 6.45) is 7.84. The highest BCUT2D eigenvalue weighted by Crippen LogP contribution is 2.38. The van der Waals surface area contributed by atoms with Gasteiger partial charge in [-0.2, -0.15) is 0 Å². The van der Waals surface area contributed by atoms with Crippen molar-refractivity contribution in [2.45, 2.75) is 31.6 Å². The van der Waals surface area contributed by atoms with E-state index in [1.165, 1.54) is 0 Å². The van der Waals surface area contributed by atoms with E-state index in [-0.39, 0.29) is 5.41 Å². The lowest BCUT2D eigenvalue weighted by Gasteiger charge is -2.29. The van der Waals surface area contributed by atoms with Crippen molar-refractivity contribution in [1.82, 2.24) is 24.8 Å². The first-order valence-corrected chi connectivity index (χ1v) is 8.00. The van der Waals surface area contributed by atoms with Gasteiger partial charge in [-0.1, -0.05) is 0 Å². The quantitative estimate of drug-likeness (QED) is 0.649. The smallest absolute Gasteiger partial charge is 0.232 e. The van der Waals surface area contributed by atoms with Gasteiger partial charge in [-0.15, -0.1) is 0 Å². The van der Waals surface area contributed by atoms with Crippen LogP contribution in [-0.2, 0) is 13.6 Å². The molecule has 1 fully saturated rings. The minimum absolute atomic E-state index is 0.355. The summed E-state index contributed by atoms with van der Waals surface area (Å²) in [5, 5.41) is 23.3. The van der Waals surface area contributed by atoms with Crippen LogP contribution < -0.4 is 10.1 Å². The topological polar surface area (TPSA) is 105 Å². The Hall–Kier alpha value is -2.03. The number of nitrogens with one attached hydrogen (secondary N) is 1. The van der Waals surface area contributed by atoms with Gasteiger partial charge in [0.25, 0.3) is 0 Å². The Morgan fingerprint density at radius 1 is 1.25 bits per heavy atom. The summed E-state index contributed by atoms with van der Waals surface area (Å²) in [6.45, 7) is 1.57. The highest BCUT2D eigenvalue weighted by Gasteiger charge is 2.44. The molecule has 1 unspecified atom stereocenters. The lowest BCUT2D eigenvalue weighted by Crippen LogP contribution is -2.38. The van der Waals surface area contributed by atoms with Gasteiger partial charge < -0.3 is 24.8 Å². The Labute approximate surface area is 140 Å². The van der Waals surface area contributed by atoms with Crippen molar-refractivity contribution in [3.05, 3.63) is 36.8 Å². The molecule has 1 aliphatic carbocycles. The maximum Gasteiger partial charge on any atom is 0.232 e. The molecule has 0 aliphatic heterocycles. The van der Waals surface area contributed by atoms with Gasteiger partial charge in [-0.05, 0) is 12.8 Å². The molecule has 0 spiro atoms. The first-order valence-electron chi connectivity index (χ1n) is 8.00. The average molecular weight is 333 g/mol. The van der Waals surface area contributed by atoms with Crippen molar-refractivity contribution in [2.24, 2.45) is 12.5 Å². The first-order chi connectivity index (χ1) is 11.6. The van der Waals surface area contributed by atoms with Crippen molar-refractivity contribution in [1.29, 1.82) is 0 Å². The molecule has 1 saturated carbocycles. The van der Waals surface area contributed by atoms with Crippen molar-refractivity contribution in [3.63, 3.8) is 0 Å². The Balaban J connectivity index is 1.61. The van der Waals surface area contributed by atoms with Gasteiger partial charge in [0.2, 0.25) is 5.88 Å². The fraction of sp³-hybridized carbons (Fsp3) is 0.562. The summed E-state index contributed by atoms with van der Waals surface area (Å²) in [5.74, 6) is 1.37. The Morgan fingerprint density at radius 3 is 2.67 bits per heavy atom. The molecule has 130 valence electrons. The van der Waals surface area contributed by atoms with E-state index >= 15 is 0 Å². The van der Waals surface area contributed by atoms with Crippen molar-refractivity contribution in [3.8, 4) is 5.88 Å². The minimum Gasteiger partial charge on any atom is -0.476 e. The van der Waals surface area contributed by atoms with Gasteiger partial charge in [-0.25, -0.2) is 9.97 Å². The maximum atomic E-state index is 9.98. The Kier molecular flexibility index (Phi) is 5.08. The van der Waals surface area contributed by atoms with E-state index in [4.69, 9.17) is 4.74 Å². The SMILES string of the molecule is Cn1ccnc1CNCC1(COc2cnccn2)C[C@@H](O)[C@@H](O)C1. The number of aromatic nitrogens is 4. The van der Waals surface area contributed by atoms with Crippen molar-refractivity contribution in [2.75, 3.05) is 13.2 Å². The lowest BCUT2D eigenvalue weighted by molar-refractivity contribution is 0.0438. The Morgan fingerprint density at radius 2 is 2.04 bits per heavy atom. The van der Waals surface area contributed by atoms with Crippen LogP contribution in [0.4, 0.5) is 0 Å². The van der Waals surface area contributed by atoms with Crippen molar-refractivity contribution < 1.29 is 14.9 Å². The number of hydrogen-bond donors (Lipinski definition) is 3. The third kappa shape index (κ3) is 3.89. The van der Waals surface area contributed by atoms with Crippen LogP contribution in [0.2, 0.25) is 0 Å². The lowest BCUT2D eigenvalue weighted by atomic mass is 9.86. The fourth-order valence-electron chi connectivity index (χ4n) is 3.15. The summed E-state index contributed by atoms with van der Waals surface area (Å²) in [5.41, 5.74) is -0.360. The standard InChI is InChI=1S/C16H23N5O3/c1-21-5-4-19-14(21)8-18-10-16(6-12(22)13(23)7-16)11-24-15-9-17-2-3-20-15/h2-5,9,12-13,18,22-23H,6-8,10-11H2,1H3/t12-,13+,16?. The molecule has 8 heteroatoms. The van der Waals surface area contributed by atoms with Gasteiger partial charge in [0.1, 0.15) is 5.82 Å². The summed E-state index contributed by atoms with van der Waals surface area (Å²) >= 11 is 0. The Bertz CT molecular complexity index is 638. The molecule has 24 heavy (non-hydrogen) atoms. The molecular weight excluding hydrogens is 310 g/mol. The highest BCUT2D eigenvalue weighted by atomic mass is 16.5. The normalized spacial score (nSPS) is 26.6. The molecule has 0 bridgehead atoms. The number of rotatable bonds is 7. The molecule has 2 aromatic rings. The van der Waals surface area contributed by atoms with E-state index < -0.39 is 12.2 Å². The second-order valence-electron chi connectivity index (χ2n) is 6.43. The molecule has 3 N–H and O–H groups in total. The van der Waals surface area contributed by atoms with E-state index in [9.17, 15) is 10.2 Å². The summed E-state index contributed by atoms with van der Waals surface area (Å²) in [4.78, 5) is 12.4. The monoisotopic (exact) mass is 333 g/mol. The number of aliphatic hydroxyl groups is 2. The zero-order chi connectivity index (χ0) is 17.0.